The van der Waals surface area contributed by atoms with E-state index in [0.717, 1.165) is 116 Å². The first-order valence-corrected chi connectivity index (χ1v) is 34.7. The van der Waals surface area contributed by atoms with Crippen LogP contribution < -0.4 is 0 Å². The minimum atomic E-state index is -1.03. The van der Waals surface area contributed by atoms with Crippen LogP contribution in [0.5, 0.6) is 0 Å². The Kier molecular flexibility index (Phi) is 88.1. The molecule has 0 aliphatic heterocycles. The first-order chi connectivity index (χ1) is 45.5. The fraction of sp³-hybridized carbons (Fsp3) is 0.720. The second kappa shape index (κ2) is 81.6. The van der Waals surface area contributed by atoms with Crippen molar-refractivity contribution in [3.8, 4) is 0 Å². The number of aliphatic hydroxyl groups is 7. The number of rotatable bonds is 52. The van der Waals surface area contributed by atoms with Gasteiger partial charge in [-0.3, -0.25) is 0 Å². The molecule has 0 aromatic carbocycles. The van der Waals surface area contributed by atoms with Gasteiger partial charge in [0.15, 0.2) is 0 Å². The summed E-state index contributed by atoms with van der Waals surface area (Å²) in [5, 5.41) is 60.0. The molecule has 0 rings (SSSR count). The average molecular weight is 1370 g/mol. The first-order valence-electron chi connectivity index (χ1n) is 34.7. The summed E-state index contributed by atoms with van der Waals surface area (Å²) in [6.07, 6.45) is 31.6. The highest BCUT2D eigenvalue weighted by atomic mass is 16.6. The molecule has 0 amide bonds. The molecule has 0 fully saturated rings. The maximum Gasteiger partial charge on any atom is 0.335 e. The van der Waals surface area contributed by atoms with Gasteiger partial charge < -0.3 is 68.9 Å². The molecule has 1 unspecified atom stereocenters. The number of carbonyl (C=O) groups is 7. The van der Waals surface area contributed by atoms with Crippen molar-refractivity contribution in [2.45, 2.75) is 268 Å². The van der Waals surface area contributed by atoms with Gasteiger partial charge in [-0.25, -0.2) is 33.6 Å². The van der Waals surface area contributed by atoms with Gasteiger partial charge in [0.2, 0.25) is 6.29 Å². The summed E-state index contributed by atoms with van der Waals surface area (Å²) < 4.78 is 33.9. The normalized spacial score (nSPS) is 10.2. The lowest BCUT2D eigenvalue weighted by Gasteiger charge is -2.14. The third-order valence-electron chi connectivity index (χ3n) is 12.7. The highest BCUT2D eigenvalue weighted by Crippen LogP contribution is 2.13. The zero-order valence-electron chi connectivity index (χ0n) is 61.4. The second-order valence-electron chi connectivity index (χ2n) is 23.6. The monoisotopic (exact) mass is 1370 g/mol. The van der Waals surface area contributed by atoms with E-state index in [-0.39, 0.29) is 68.8 Å². The zero-order chi connectivity index (χ0) is 74.6. The smallest absolute Gasteiger partial charge is 0.335 e. The predicted molar refractivity (Wildman–Crippen MR) is 382 cm³/mol. The third-order valence-corrected chi connectivity index (χ3v) is 12.7. The number of unbranched alkanes of at least 4 members (excludes halogenated alkanes) is 25. The van der Waals surface area contributed by atoms with Crippen molar-refractivity contribution in [1.82, 2.24) is 0 Å². The Balaban J connectivity index is -0.000000195. The Morgan fingerprint density at radius 3 is 0.531 bits per heavy atom. The number of esters is 7. The van der Waals surface area contributed by atoms with Crippen LogP contribution in [0.15, 0.2) is 85.1 Å². The maximum atomic E-state index is 11.1. The van der Waals surface area contributed by atoms with E-state index < -0.39 is 18.2 Å². The van der Waals surface area contributed by atoms with Gasteiger partial charge in [-0.1, -0.05) is 182 Å². The van der Waals surface area contributed by atoms with Crippen molar-refractivity contribution in [2.75, 3.05) is 79.3 Å². The summed E-state index contributed by atoms with van der Waals surface area (Å²) in [5.41, 5.74) is 2.93. The number of hydrogen-bond donors (Lipinski definition) is 7. The summed E-state index contributed by atoms with van der Waals surface area (Å²) in [5.74, 6) is -2.56. The summed E-state index contributed by atoms with van der Waals surface area (Å²) in [6.45, 7) is 43.1. The number of ether oxygens (including phenoxy) is 7. The molecule has 0 saturated heterocycles. The number of carbonyl (C=O) groups excluding carboxylic acids is 7. The molecule has 0 aromatic rings. The highest BCUT2D eigenvalue weighted by molar-refractivity contribution is 5.89. The van der Waals surface area contributed by atoms with Crippen molar-refractivity contribution < 1.29 is 102 Å². The molecule has 0 heterocycles. The molecule has 562 valence electrons. The van der Waals surface area contributed by atoms with Crippen molar-refractivity contribution in [3.63, 3.8) is 0 Å². The summed E-state index contributed by atoms with van der Waals surface area (Å²) in [6, 6.07) is 0. The van der Waals surface area contributed by atoms with Gasteiger partial charge in [0.05, 0.1) is 39.6 Å². The number of aliphatic hydroxyl groups excluding tert-OH is 7. The highest BCUT2D eigenvalue weighted by Gasteiger charge is 2.15. The van der Waals surface area contributed by atoms with Gasteiger partial charge in [-0.2, -0.15) is 0 Å². The topological polar surface area (TPSA) is 326 Å². The molecule has 0 spiro atoms. The van der Waals surface area contributed by atoms with Crippen LogP contribution in [0.1, 0.15) is 261 Å². The van der Waals surface area contributed by atoms with Crippen molar-refractivity contribution >= 4 is 41.8 Å². The van der Waals surface area contributed by atoms with E-state index in [2.05, 4.69) is 55.5 Å². The van der Waals surface area contributed by atoms with E-state index in [4.69, 9.17) is 59.4 Å². The maximum absolute atomic E-state index is 11.1. The lowest BCUT2D eigenvalue weighted by atomic mass is 10.1. The molecule has 1 atom stereocenters. The number of hydrogen-bond acceptors (Lipinski definition) is 21. The molecule has 0 aliphatic rings. The Hall–Kier alpha value is -5.81. The van der Waals surface area contributed by atoms with Crippen LogP contribution >= 0.6 is 0 Å². The largest absolute Gasteiger partial charge is 0.462 e. The first kappa shape index (κ1) is 104. The van der Waals surface area contributed by atoms with Crippen molar-refractivity contribution in [2.24, 2.45) is 5.92 Å². The minimum absolute atomic E-state index is 0.0451. The van der Waals surface area contributed by atoms with Gasteiger partial charge in [0.1, 0.15) is 0 Å². The summed E-state index contributed by atoms with van der Waals surface area (Å²) in [4.78, 5) is 76.1. The molecule has 0 aromatic heterocycles. The standard InChI is InChI=1S/C16H30O3.C14H26O3.C12H22O3.C10H18O3.2C8H14O3.C7H12O3/c1-15(2)16(18)19-14-12-10-8-6-4-3-5-7-9-11-13-17;1-13(2)14(16)17-12-10-8-6-4-3-5-7-9-11-15;1-11(2)12(14)15-10-8-6-4-3-5-7-9-13;1-9(2)10(12)13-8-6-4-3-5-7-11;1-5(2)7(9)11-8(10)6(3)4;1-7(2)8(10)11-6-4-3-5-9;1-6(2)7(9)10-5-3-4-8/h17H,1,3-14H2,2H3;15H,1,3-12H2,2H3;13H,1,3-10H2,2H3;11H,1,3-8H2,2H3;6,8,10H,1H2,2-4H3;9H,1,3-6H2,2H3;8H,1,3-5H2,2H3. The van der Waals surface area contributed by atoms with E-state index in [1.165, 1.54) is 71.1 Å². The molecule has 96 heavy (non-hydrogen) atoms. The SMILES string of the molecule is C=C(C)C(=O)OC(O)C(C)C.C=C(C)C(=O)OCCCCCCCCCCCCO.C=C(C)C(=O)OCCCCCCCCCCO.C=C(C)C(=O)OCCCCCCCCO.C=C(C)C(=O)OCCCCCCO.C=C(C)C(=O)OCCCCO.C=C(C)C(=O)OCCCO. The molecule has 0 aliphatic carbocycles. The molecule has 0 bridgehead atoms. The quantitative estimate of drug-likeness (QED) is 0.00978. The fourth-order valence-electron chi connectivity index (χ4n) is 6.74. The molecule has 0 radical (unpaired) electrons. The van der Waals surface area contributed by atoms with Crippen LogP contribution in [0.2, 0.25) is 0 Å². The van der Waals surface area contributed by atoms with Gasteiger partial charge in [-0.05, 0) is 119 Å². The fourth-order valence-corrected chi connectivity index (χ4v) is 6.74. The Labute approximate surface area is 579 Å². The van der Waals surface area contributed by atoms with E-state index in [1.807, 2.05) is 0 Å². The van der Waals surface area contributed by atoms with Crippen molar-refractivity contribution in [3.05, 3.63) is 85.1 Å². The van der Waals surface area contributed by atoms with Crippen LogP contribution in [-0.2, 0) is 66.7 Å². The van der Waals surface area contributed by atoms with Crippen LogP contribution in [0, 0.1) is 5.92 Å². The van der Waals surface area contributed by atoms with E-state index in [9.17, 15) is 33.6 Å². The van der Waals surface area contributed by atoms with Gasteiger partial charge in [-0.15, -0.1) is 0 Å². The molecule has 0 saturated carbocycles. The van der Waals surface area contributed by atoms with Gasteiger partial charge >= 0.3 is 41.8 Å². The van der Waals surface area contributed by atoms with E-state index in [1.54, 1.807) is 55.4 Å². The molecule has 21 heteroatoms. The van der Waals surface area contributed by atoms with Crippen LogP contribution in [0.3, 0.4) is 0 Å². The van der Waals surface area contributed by atoms with Gasteiger partial charge in [0, 0.05) is 91.0 Å². The van der Waals surface area contributed by atoms with Crippen LogP contribution in [0.25, 0.3) is 0 Å². The molecule has 7 N–H and O–H groups in total. The Morgan fingerprint density at radius 1 is 0.240 bits per heavy atom. The third kappa shape index (κ3) is 92.4. The van der Waals surface area contributed by atoms with Crippen LogP contribution in [0.4, 0.5) is 0 Å². The Morgan fingerprint density at radius 2 is 0.375 bits per heavy atom. The Bertz CT molecular complexity index is 2010. The molecular weight excluding hydrogens is 1240 g/mol. The van der Waals surface area contributed by atoms with Crippen molar-refractivity contribution in [1.29, 1.82) is 0 Å². The van der Waals surface area contributed by atoms with Gasteiger partial charge in [0.25, 0.3) is 0 Å². The second-order valence-corrected chi connectivity index (χ2v) is 23.6. The average Bonchev–Trinajstić information content (AvgIpc) is 3.29. The molecular formula is C75H136O21. The predicted octanol–water partition coefficient (Wildman–Crippen LogP) is 13.8. The summed E-state index contributed by atoms with van der Waals surface area (Å²) >= 11 is 0. The zero-order valence-corrected chi connectivity index (χ0v) is 61.4. The summed E-state index contributed by atoms with van der Waals surface area (Å²) in [7, 11) is 0. The lowest BCUT2D eigenvalue weighted by Crippen LogP contribution is -2.23. The van der Waals surface area contributed by atoms with Crippen LogP contribution in [-0.4, -0.2) is 163 Å². The van der Waals surface area contributed by atoms with E-state index in [0.29, 0.717) is 105 Å². The van der Waals surface area contributed by atoms with E-state index >= 15 is 0 Å². The lowest BCUT2D eigenvalue weighted by molar-refractivity contribution is -0.170. The minimum Gasteiger partial charge on any atom is -0.462 e. The molecule has 21 nitrogen and oxygen atoms in total.